The van der Waals surface area contributed by atoms with Crippen LogP contribution in [0.3, 0.4) is 0 Å². The van der Waals surface area contributed by atoms with Gasteiger partial charge in [0.15, 0.2) is 5.58 Å². The van der Waals surface area contributed by atoms with E-state index < -0.39 is 5.97 Å². The minimum atomic E-state index is -1.06. The second kappa shape index (κ2) is 9.20. The number of nitrogens with zero attached hydrogens (tertiary/aromatic N) is 1. The standard InChI is InChI=1S/C22H19NO4.K/c1-14-4-9-19-20(11-14)27-22(23-19)17-6-5-16-13-18(8-7-15(16)12-17)26-10-2-3-21(24)25;/h4-9,11-13H,2-3,10H2,1H3,(H,24,25);/q;+1/p-1. The van der Waals surface area contributed by atoms with Crippen LogP contribution < -0.4 is 61.2 Å². The van der Waals surface area contributed by atoms with E-state index in [1.807, 2.05) is 61.5 Å². The summed E-state index contributed by atoms with van der Waals surface area (Å²) in [5.41, 5.74) is 3.68. The molecule has 0 aliphatic carbocycles. The zero-order valence-electron chi connectivity index (χ0n) is 15.9. The summed E-state index contributed by atoms with van der Waals surface area (Å²) in [5, 5.41) is 12.5. The van der Waals surface area contributed by atoms with Crippen LogP contribution in [0.15, 0.2) is 59.0 Å². The van der Waals surface area contributed by atoms with Crippen molar-refractivity contribution in [2.45, 2.75) is 19.8 Å². The Morgan fingerprint density at radius 1 is 1.07 bits per heavy atom. The van der Waals surface area contributed by atoms with Crippen LogP contribution in [0.4, 0.5) is 0 Å². The third-order valence-corrected chi connectivity index (χ3v) is 4.40. The zero-order valence-corrected chi connectivity index (χ0v) is 19.0. The Labute approximate surface area is 205 Å². The van der Waals surface area contributed by atoms with Gasteiger partial charge in [-0.15, -0.1) is 0 Å². The predicted octanol–water partition coefficient (Wildman–Crippen LogP) is 0.869. The average molecular weight is 399 g/mol. The van der Waals surface area contributed by atoms with Crippen LogP contribution in [0.2, 0.25) is 0 Å². The summed E-state index contributed by atoms with van der Waals surface area (Å²) in [4.78, 5) is 15.0. The van der Waals surface area contributed by atoms with Crippen LogP contribution in [0, 0.1) is 6.92 Å². The predicted molar refractivity (Wildman–Crippen MR) is 101 cm³/mol. The zero-order chi connectivity index (χ0) is 18.8. The Morgan fingerprint density at radius 3 is 2.68 bits per heavy atom. The fourth-order valence-electron chi connectivity index (χ4n) is 3.01. The first-order valence-electron chi connectivity index (χ1n) is 8.82. The number of fused-ring (bicyclic) bond motifs is 2. The summed E-state index contributed by atoms with van der Waals surface area (Å²) in [7, 11) is 0. The van der Waals surface area contributed by atoms with Gasteiger partial charge in [-0.05, 0) is 72.5 Å². The van der Waals surface area contributed by atoms with E-state index in [1.165, 1.54) is 0 Å². The molecule has 3 aromatic carbocycles. The molecule has 0 saturated heterocycles. The molecule has 0 unspecified atom stereocenters. The third kappa shape index (κ3) is 4.82. The summed E-state index contributed by atoms with van der Waals surface area (Å²) in [6, 6.07) is 17.8. The first kappa shape index (κ1) is 21.0. The van der Waals surface area contributed by atoms with Crippen molar-refractivity contribution in [3.63, 3.8) is 0 Å². The van der Waals surface area contributed by atoms with Gasteiger partial charge < -0.3 is 19.1 Å². The number of carboxylic acids is 1. The van der Waals surface area contributed by atoms with Crippen LogP contribution in [0.1, 0.15) is 18.4 Å². The first-order valence-corrected chi connectivity index (χ1v) is 8.82. The van der Waals surface area contributed by atoms with Crippen molar-refractivity contribution in [3.8, 4) is 17.2 Å². The minimum Gasteiger partial charge on any atom is -0.550 e. The number of rotatable bonds is 6. The number of ether oxygens (including phenoxy) is 1. The number of benzene rings is 3. The number of aryl methyl sites for hydroxylation is 1. The number of hydrogen-bond donors (Lipinski definition) is 0. The SMILES string of the molecule is Cc1ccc2nc(-c3ccc4cc(OCCCC(=O)[O-])ccc4c3)oc2c1.[K+]. The summed E-state index contributed by atoms with van der Waals surface area (Å²) in [5.74, 6) is 0.255. The molecule has 28 heavy (non-hydrogen) atoms. The van der Waals surface area contributed by atoms with Crippen LogP contribution in [0.25, 0.3) is 33.3 Å². The van der Waals surface area contributed by atoms with Gasteiger partial charge in [-0.25, -0.2) is 4.98 Å². The summed E-state index contributed by atoms with van der Waals surface area (Å²) >= 11 is 0. The van der Waals surface area contributed by atoms with Crippen LogP contribution in [-0.4, -0.2) is 17.6 Å². The second-order valence-electron chi connectivity index (χ2n) is 6.54. The summed E-state index contributed by atoms with van der Waals surface area (Å²) in [6.07, 6.45) is 0.428. The van der Waals surface area contributed by atoms with Gasteiger partial charge in [0.1, 0.15) is 11.3 Å². The molecular weight excluding hydrogens is 381 g/mol. The smallest absolute Gasteiger partial charge is 0.550 e. The van der Waals surface area contributed by atoms with Crippen molar-refractivity contribution in [2.24, 2.45) is 0 Å². The first-order chi connectivity index (χ1) is 13.1. The van der Waals surface area contributed by atoms with Gasteiger partial charge in [-0.1, -0.05) is 18.2 Å². The summed E-state index contributed by atoms with van der Waals surface area (Å²) in [6.45, 7) is 2.37. The van der Waals surface area contributed by atoms with Gasteiger partial charge >= 0.3 is 51.4 Å². The molecule has 1 aromatic heterocycles. The molecular formula is C22H18KNO4. The van der Waals surface area contributed by atoms with Gasteiger partial charge in [0.25, 0.3) is 0 Å². The molecule has 4 rings (SSSR count). The second-order valence-corrected chi connectivity index (χ2v) is 6.54. The quantitative estimate of drug-likeness (QED) is 0.355. The Hall–Kier alpha value is -1.70. The number of aromatic nitrogens is 1. The molecule has 0 bridgehead atoms. The van der Waals surface area contributed by atoms with E-state index in [0.717, 1.165) is 33.0 Å². The number of carboxylic acid groups (broad SMARTS) is 1. The van der Waals surface area contributed by atoms with Crippen molar-refractivity contribution < 1.29 is 70.4 Å². The maximum Gasteiger partial charge on any atom is 1.00 e. The van der Waals surface area contributed by atoms with E-state index in [4.69, 9.17) is 9.15 Å². The van der Waals surface area contributed by atoms with Gasteiger partial charge in [-0.3, -0.25) is 0 Å². The normalized spacial score (nSPS) is 10.8. The number of aliphatic carboxylic acids is 1. The molecule has 0 atom stereocenters. The molecule has 0 radical (unpaired) electrons. The number of carbonyl (C=O) groups is 1. The summed E-state index contributed by atoms with van der Waals surface area (Å²) < 4.78 is 11.5. The van der Waals surface area contributed by atoms with Gasteiger partial charge in [0.05, 0.1) is 6.61 Å². The number of carbonyl (C=O) groups excluding carboxylic acids is 1. The molecule has 0 aliphatic heterocycles. The number of oxazole rings is 1. The van der Waals surface area contributed by atoms with Gasteiger partial charge in [-0.2, -0.15) is 0 Å². The Bertz CT molecular complexity index is 1140. The van der Waals surface area contributed by atoms with Crippen molar-refractivity contribution in [1.29, 1.82) is 0 Å². The van der Waals surface area contributed by atoms with Crippen LogP contribution in [0.5, 0.6) is 5.75 Å². The van der Waals surface area contributed by atoms with Crippen molar-refractivity contribution >= 4 is 27.8 Å². The molecule has 0 spiro atoms. The number of hydrogen-bond acceptors (Lipinski definition) is 5. The van der Waals surface area contributed by atoms with E-state index in [9.17, 15) is 9.90 Å². The molecule has 0 saturated carbocycles. The van der Waals surface area contributed by atoms with E-state index in [-0.39, 0.29) is 57.8 Å². The molecule has 1 heterocycles. The Balaban J connectivity index is 0.00000225. The Morgan fingerprint density at radius 2 is 1.86 bits per heavy atom. The maximum atomic E-state index is 10.4. The molecule has 0 aliphatic rings. The van der Waals surface area contributed by atoms with Crippen LogP contribution >= 0.6 is 0 Å². The average Bonchev–Trinajstić information content (AvgIpc) is 3.07. The minimum absolute atomic E-state index is 0. The molecule has 0 N–H and O–H groups in total. The van der Waals surface area contributed by atoms with Crippen molar-refractivity contribution in [2.75, 3.05) is 6.61 Å². The Kier molecular flexibility index (Phi) is 6.90. The fraction of sp³-hybridized carbons (Fsp3) is 0.182. The molecule has 4 aromatic rings. The third-order valence-electron chi connectivity index (χ3n) is 4.40. The van der Waals surface area contributed by atoms with Gasteiger partial charge in [0, 0.05) is 11.5 Å². The fourth-order valence-corrected chi connectivity index (χ4v) is 3.01. The van der Waals surface area contributed by atoms with E-state index in [2.05, 4.69) is 4.98 Å². The van der Waals surface area contributed by atoms with Crippen molar-refractivity contribution in [1.82, 2.24) is 4.98 Å². The molecule has 6 heteroatoms. The maximum absolute atomic E-state index is 10.4. The molecule has 5 nitrogen and oxygen atoms in total. The topological polar surface area (TPSA) is 75.4 Å². The largest absolute Gasteiger partial charge is 1.00 e. The monoisotopic (exact) mass is 399 g/mol. The van der Waals surface area contributed by atoms with E-state index in [0.29, 0.717) is 24.7 Å². The molecule has 136 valence electrons. The van der Waals surface area contributed by atoms with Gasteiger partial charge in [0.2, 0.25) is 5.89 Å². The molecule has 0 amide bonds. The molecule has 0 fully saturated rings. The van der Waals surface area contributed by atoms with Crippen LogP contribution in [-0.2, 0) is 4.79 Å². The van der Waals surface area contributed by atoms with Crippen molar-refractivity contribution in [3.05, 3.63) is 60.2 Å². The van der Waals surface area contributed by atoms with E-state index in [1.54, 1.807) is 0 Å². The van der Waals surface area contributed by atoms with E-state index >= 15 is 0 Å².